The fourth-order valence-corrected chi connectivity index (χ4v) is 2.35. The van der Waals surface area contributed by atoms with E-state index in [0.717, 1.165) is 6.42 Å². The number of hydrogen-bond acceptors (Lipinski definition) is 5. The van der Waals surface area contributed by atoms with E-state index < -0.39 is 11.8 Å². The molecule has 2 rings (SSSR count). The average Bonchev–Trinajstić information content (AvgIpc) is 2.99. The summed E-state index contributed by atoms with van der Waals surface area (Å²) in [6, 6.07) is 0. The zero-order valence-corrected chi connectivity index (χ0v) is 13.6. The Morgan fingerprint density at radius 2 is 2.13 bits per heavy atom. The van der Waals surface area contributed by atoms with Crippen molar-refractivity contribution < 1.29 is 9.59 Å². The van der Waals surface area contributed by atoms with Crippen LogP contribution in [0.15, 0.2) is 12.4 Å². The highest BCUT2D eigenvalue weighted by atomic mass is 16.2. The maximum atomic E-state index is 12.4. The Morgan fingerprint density at radius 1 is 1.39 bits per heavy atom. The van der Waals surface area contributed by atoms with Crippen LogP contribution in [0.3, 0.4) is 0 Å². The van der Waals surface area contributed by atoms with E-state index in [1.54, 1.807) is 4.90 Å². The van der Waals surface area contributed by atoms with Gasteiger partial charge in [0.1, 0.15) is 5.82 Å². The number of nitrogen functional groups attached to an aromatic ring is 1. The van der Waals surface area contributed by atoms with Crippen molar-refractivity contribution >= 4 is 34.2 Å². The third-order valence-corrected chi connectivity index (χ3v) is 3.33. The van der Waals surface area contributed by atoms with Crippen LogP contribution in [0.4, 0.5) is 11.5 Å². The van der Waals surface area contributed by atoms with Gasteiger partial charge >= 0.3 is 11.8 Å². The van der Waals surface area contributed by atoms with Crippen molar-refractivity contribution in [3.05, 3.63) is 12.4 Å². The van der Waals surface area contributed by atoms with Crippen LogP contribution in [0.5, 0.6) is 0 Å². The zero-order valence-electron chi connectivity index (χ0n) is 13.6. The minimum Gasteiger partial charge on any atom is -0.383 e. The highest BCUT2D eigenvalue weighted by Gasteiger charge is 2.23. The molecule has 8 nitrogen and oxygen atoms in total. The Balaban J connectivity index is 2.17. The Bertz CT molecular complexity index is 709. The van der Waals surface area contributed by atoms with E-state index in [2.05, 4.69) is 20.5 Å². The van der Waals surface area contributed by atoms with E-state index in [-0.39, 0.29) is 5.92 Å². The molecule has 0 spiro atoms. The first-order chi connectivity index (χ1) is 10.9. The molecule has 2 amide bonds. The Labute approximate surface area is 134 Å². The van der Waals surface area contributed by atoms with E-state index in [1.165, 1.54) is 12.4 Å². The molecule has 0 aliphatic carbocycles. The predicted octanol–water partition coefficient (Wildman–Crippen LogP) is 1.37. The number of hydrogen-bond donors (Lipinski definition) is 3. The molecule has 0 radical (unpaired) electrons. The molecule has 0 aliphatic heterocycles. The molecule has 124 valence electrons. The lowest BCUT2D eigenvalue weighted by Gasteiger charge is -2.23. The highest BCUT2D eigenvalue weighted by molar-refractivity contribution is 6.40. The summed E-state index contributed by atoms with van der Waals surface area (Å²) in [7, 11) is 0. The first kappa shape index (κ1) is 16.7. The quantitative estimate of drug-likeness (QED) is 0.720. The standard InChI is InChI=1S/C15H22N6O2/c1-4-5-21(8-9(2)3)15(23)14(22)19-11-7-17-13(16)10-6-18-20-12(10)11/h6-7,9H,4-5,8H2,1-3H3,(H2,16,17)(H,18,20)(H,19,22). The SMILES string of the molecule is CCCN(CC(C)C)C(=O)C(=O)Nc1cnc(N)c2cn[nH]c12. The number of H-pyrrole nitrogens is 1. The van der Waals surface area contributed by atoms with Gasteiger partial charge in [-0.3, -0.25) is 14.7 Å². The number of fused-ring (bicyclic) bond motifs is 1. The molecule has 0 saturated carbocycles. The molecule has 4 N–H and O–H groups in total. The number of pyridine rings is 1. The van der Waals surface area contributed by atoms with Crippen LogP contribution in [0.1, 0.15) is 27.2 Å². The number of nitrogens with two attached hydrogens (primary N) is 1. The minimum atomic E-state index is -0.693. The van der Waals surface area contributed by atoms with Crippen LogP contribution in [-0.2, 0) is 9.59 Å². The lowest BCUT2D eigenvalue weighted by atomic mass is 10.2. The Morgan fingerprint density at radius 3 is 2.78 bits per heavy atom. The second kappa shape index (κ2) is 7.08. The van der Waals surface area contributed by atoms with Gasteiger partial charge in [0.15, 0.2) is 0 Å². The van der Waals surface area contributed by atoms with E-state index in [9.17, 15) is 9.59 Å². The van der Waals surface area contributed by atoms with Gasteiger partial charge in [0.25, 0.3) is 0 Å². The van der Waals surface area contributed by atoms with Crippen LogP contribution in [0, 0.1) is 5.92 Å². The lowest BCUT2D eigenvalue weighted by Crippen LogP contribution is -2.42. The van der Waals surface area contributed by atoms with Gasteiger partial charge in [-0.15, -0.1) is 0 Å². The number of anilines is 2. The number of aromatic amines is 1. The third kappa shape index (κ3) is 3.77. The number of nitrogens with zero attached hydrogens (tertiary/aromatic N) is 3. The fourth-order valence-electron chi connectivity index (χ4n) is 2.35. The second-order valence-corrected chi connectivity index (χ2v) is 5.81. The van der Waals surface area contributed by atoms with E-state index in [0.29, 0.717) is 35.5 Å². The summed E-state index contributed by atoms with van der Waals surface area (Å²) >= 11 is 0. The second-order valence-electron chi connectivity index (χ2n) is 5.81. The van der Waals surface area contributed by atoms with Gasteiger partial charge in [-0.2, -0.15) is 5.10 Å². The van der Waals surface area contributed by atoms with Crippen LogP contribution >= 0.6 is 0 Å². The zero-order chi connectivity index (χ0) is 17.0. The largest absolute Gasteiger partial charge is 0.383 e. The van der Waals surface area contributed by atoms with Gasteiger partial charge in [-0.1, -0.05) is 20.8 Å². The molecule has 0 fully saturated rings. The fraction of sp³-hybridized carbons (Fsp3) is 0.467. The molecular formula is C15H22N6O2. The topological polar surface area (TPSA) is 117 Å². The van der Waals surface area contributed by atoms with Crippen LogP contribution in [0.25, 0.3) is 10.9 Å². The smallest absolute Gasteiger partial charge is 0.314 e. The average molecular weight is 318 g/mol. The van der Waals surface area contributed by atoms with Crippen molar-refractivity contribution in [2.24, 2.45) is 5.92 Å². The molecular weight excluding hydrogens is 296 g/mol. The molecule has 8 heteroatoms. The maximum absolute atomic E-state index is 12.4. The van der Waals surface area contributed by atoms with E-state index in [4.69, 9.17) is 5.73 Å². The Hall–Kier alpha value is -2.64. The normalized spacial score (nSPS) is 11.0. The van der Waals surface area contributed by atoms with E-state index in [1.807, 2.05) is 20.8 Å². The van der Waals surface area contributed by atoms with Crippen molar-refractivity contribution in [3.63, 3.8) is 0 Å². The summed E-state index contributed by atoms with van der Waals surface area (Å²) in [6.07, 6.45) is 3.73. The molecule has 0 aliphatic rings. The Kier molecular flexibility index (Phi) is 5.15. The predicted molar refractivity (Wildman–Crippen MR) is 88.6 cm³/mol. The lowest BCUT2D eigenvalue weighted by molar-refractivity contribution is -0.143. The molecule has 0 bridgehead atoms. The van der Waals surface area contributed by atoms with Gasteiger partial charge in [-0.05, 0) is 12.3 Å². The molecule has 0 atom stereocenters. The van der Waals surface area contributed by atoms with Crippen molar-refractivity contribution in [2.45, 2.75) is 27.2 Å². The number of aromatic nitrogens is 3. The van der Waals surface area contributed by atoms with Gasteiger partial charge in [0, 0.05) is 13.1 Å². The van der Waals surface area contributed by atoms with E-state index >= 15 is 0 Å². The summed E-state index contributed by atoms with van der Waals surface area (Å²) in [5, 5.41) is 9.83. The summed E-state index contributed by atoms with van der Waals surface area (Å²) in [5.74, 6) is -0.645. The molecule has 23 heavy (non-hydrogen) atoms. The maximum Gasteiger partial charge on any atom is 0.314 e. The van der Waals surface area contributed by atoms with Gasteiger partial charge in [0.05, 0.1) is 29.0 Å². The first-order valence-electron chi connectivity index (χ1n) is 7.61. The molecule has 2 heterocycles. The summed E-state index contributed by atoms with van der Waals surface area (Å²) in [4.78, 5) is 30.2. The summed E-state index contributed by atoms with van der Waals surface area (Å²) in [5.41, 5.74) is 6.67. The van der Waals surface area contributed by atoms with Crippen LogP contribution in [0.2, 0.25) is 0 Å². The molecule has 2 aromatic rings. The first-order valence-corrected chi connectivity index (χ1v) is 7.61. The van der Waals surface area contributed by atoms with Crippen molar-refractivity contribution in [3.8, 4) is 0 Å². The highest BCUT2D eigenvalue weighted by Crippen LogP contribution is 2.23. The number of rotatable bonds is 5. The monoisotopic (exact) mass is 318 g/mol. The number of amides is 2. The molecule has 2 aromatic heterocycles. The number of carbonyl (C=O) groups excluding carboxylic acids is 2. The third-order valence-electron chi connectivity index (χ3n) is 3.33. The minimum absolute atomic E-state index is 0.288. The molecule has 0 aromatic carbocycles. The van der Waals surface area contributed by atoms with Crippen molar-refractivity contribution in [1.29, 1.82) is 0 Å². The molecule has 0 saturated heterocycles. The van der Waals surface area contributed by atoms with Crippen molar-refractivity contribution in [1.82, 2.24) is 20.1 Å². The van der Waals surface area contributed by atoms with Crippen LogP contribution in [-0.4, -0.2) is 45.0 Å². The van der Waals surface area contributed by atoms with Gasteiger partial charge in [-0.25, -0.2) is 4.98 Å². The van der Waals surface area contributed by atoms with Gasteiger partial charge < -0.3 is 16.0 Å². The summed E-state index contributed by atoms with van der Waals surface area (Å²) < 4.78 is 0. The van der Waals surface area contributed by atoms with Crippen molar-refractivity contribution in [2.75, 3.05) is 24.1 Å². The molecule has 0 unspecified atom stereocenters. The van der Waals surface area contributed by atoms with Crippen LogP contribution < -0.4 is 11.1 Å². The van der Waals surface area contributed by atoms with Gasteiger partial charge in [0.2, 0.25) is 0 Å². The number of nitrogens with one attached hydrogen (secondary N) is 2. The number of carbonyl (C=O) groups is 2. The summed E-state index contributed by atoms with van der Waals surface area (Å²) in [6.45, 7) is 7.07.